The van der Waals surface area contributed by atoms with Crippen LogP contribution in [0, 0.1) is 5.92 Å². The summed E-state index contributed by atoms with van der Waals surface area (Å²) in [6, 6.07) is 0. The van der Waals surface area contributed by atoms with Crippen molar-refractivity contribution in [2.24, 2.45) is 5.92 Å². The van der Waals surface area contributed by atoms with Crippen molar-refractivity contribution in [3.05, 3.63) is 0 Å². The topological polar surface area (TPSA) is 27.7 Å². The van der Waals surface area contributed by atoms with Gasteiger partial charge in [-0.1, -0.05) is 26.7 Å². The molecular weight excluding hydrogens is 248 g/mol. The molecule has 0 amide bonds. The fourth-order valence-electron chi connectivity index (χ4n) is 2.20. The first-order chi connectivity index (χ1) is 8.67. The maximum atomic E-state index is 5.87. The summed E-state index contributed by atoms with van der Waals surface area (Å²) in [6.45, 7) is 12.5. The first-order valence-corrected chi connectivity index (χ1v) is 8.99. The lowest BCUT2D eigenvalue weighted by Gasteiger charge is -2.39. The van der Waals surface area contributed by atoms with Gasteiger partial charge in [0, 0.05) is 5.75 Å². The first-order valence-electron chi connectivity index (χ1n) is 7.41. The van der Waals surface area contributed by atoms with Gasteiger partial charge in [0.2, 0.25) is 0 Å². The number of rotatable bonds is 12. The second kappa shape index (κ2) is 11.1. The van der Waals surface area contributed by atoms with Gasteiger partial charge in [-0.15, -0.1) is 0 Å². The Morgan fingerprint density at radius 3 is 1.39 bits per heavy atom. The van der Waals surface area contributed by atoms with Crippen molar-refractivity contribution in [1.82, 2.24) is 0 Å². The third-order valence-electron chi connectivity index (χ3n) is 2.73. The second-order valence-electron chi connectivity index (χ2n) is 4.39. The van der Waals surface area contributed by atoms with E-state index < -0.39 is 10.9 Å². The molecule has 0 aliphatic heterocycles. The molecule has 18 heavy (non-hydrogen) atoms. The van der Waals surface area contributed by atoms with Crippen LogP contribution in [0.1, 0.15) is 60.3 Å². The van der Waals surface area contributed by atoms with Crippen molar-refractivity contribution in [3.8, 4) is 0 Å². The summed E-state index contributed by atoms with van der Waals surface area (Å²) in [5.41, 5.74) is 0. The van der Waals surface area contributed by atoms with Crippen molar-refractivity contribution >= 4 is 10.9 Å². The third-order valence-corrected chi connectivity index (χ3v) is 5.39. The lowest BCUT2D eigenvalue weighted by molar-refractivity contribution is 0.180. The molecular formula is C14H32O3S. The van der Waals surface area contributed by atoms with E-state index in [1.807, 2.05) is 20.8 Å². The molecule has 0 spiro atoms. The predicted octanol–water partition coefficient (Wildman–Crippen LogP) is 4.86. The van der Waals surface area contributed by atoms with E-state index in [1.165, 1.54) is 25.7 Å². The summed E-state index contributed by atoms with van der Waals surface area (Å²) in [6.07, 6.45) is 4.89. The van der Waals surface area contributed by atoms with Crippen LogP contribution in [0.25, 0.3) is 0 Å². The first kappa shape index (κ1) is 18.2. The zero-order valence-electron chi connectivity index (χ0n) is 12.9. The highest BCUT2D eigenvalue weighted by atomic mass is 32.3. The fourth-order valence-corrected chi connectivity index (χ4v) is 4.68. The van der Waals surface area contributed by atoms with E-state index in [0.717, 1.165) is 5.75 Å². The Balaban J connectivity index is 4.66. The molecule has 0 saturated heterocycles. The SMILES string of the molecule is CCCC(CCC)CS(OCC)(OCC)OCC. The zero-order chi connectivity index (χ0) is 13.9. The van der Waals surface area contributed by atoms with E-state index >= 15 is 0 Å². The summed E-state index contributed by atoms with van der Waals surface area (Å²) in [4.78, 5) is 0. The zero-order valence-corrected chi connectivity index (χ0v) is 13.7. The van der Waals surface area contributed by atoms with Crippen molar-refractivity contribution in [1.29, 1.82) is 0 Å². The Morgan fingerprint density at radius 2 is 1.11 bits per heavy atom. The van der Waals surface area contributed by atoms with E-state index in [1.54, 1.807) is 0 Å². The van der Waals surface area contributed by atoms with E-state index in [-0.39, 0.29) is 0 Å². The van der Waals surface area contributed by atoms with Gasteiger partial charge in [-0.2, -0.15) is 0 Å². The molecule has 0 saturated carbocycles. The molecule has 0 rings (SSSR count). The summed E-state index contributed by atoms with van der Waals surface area (Å²) < 4.78 is 17.6. The van der Waals surface area contributed by atoms with Gasteiger partial charge >= 0.3 is 0 Å². The Labute approximate surface area is 116 Å². The molecule has 0 aromatic heterocycles. The van der Waals surface area contributed by atoms with Gasteiger partial charge in [-0.05, 0) is 39.5 Å². The molecule has 0 aromatic carbocycles. The molecule has 112 valence electrons. The Bertz CT molecular complexity index is 165. The van der Waals surface area contributed by atoms with Gasteiger partial charge in [0.05, 0.1) is 30.7 Å². The highest BCUT2D eigenvalue weighted by molar-refractivity contribution is 8.21. The standard InChI is InChI=1S/C14H32O3S/c1-6-11-14(12-7-2)13-18(15-8-3,16-9-4)17-10-5/h14H,6-13H2,1-5H3. The molecule has 0 radical (unpaired) electrons. The number of hydrogen-bond donors (Lipinski definition) is 0. The van der Waals surface area contributed by atoms with Gasteiger partial charge in [0.1, 0.15) is 0 Å². The normalized spacial score (nSPS) is 13.2. The highest BCUT2D eigenvalue weighted by Crippen LogP contribution is 2.53. The molecule has 0 heterocycles. The molecule has 0 unspecified atom stereocenters. The molecule has 0 aromatic rings. The van der Waals surface area contributed by atoms with Crippen molar-refractivity contribution < 1.29 is 12.5 Å². The third kappa shape index (κ3) is 6.98. The fraction of sp³-hybridized carbons (Fsp3) is 1.00. The molecule has 0 aliphatic carbocycles. The van der Waals surface area contributed by atoms with E-state index in [4.69, 9.17) is 12.5 Å². The maximum Gasteiger partial charge on any atom is 0.0890 e. The van der Waals surface area contributed by atoms with Crippen molar-refractivity contribution in [2.45, 2.75) is 60.3 Å². The molecule has 0 atom stereocenters. The molecule has 0 bridgehead atoms. The summed E-state index contributed by atoms with van der Waals surface area (Å²) in [7, 11) is -1.79. The molecule has 3 nitrogen and oxygen atoms in total. The van der Waals surface area contributed by atoms with Crippen LogP contribution in [0.4, 0.5) is 0 Å². The summed E-state index contributed by atoms with van der Waals surface area (Å²) in [5.74, 6) is 1.57. The highest BCUT2D eigenvalue weighted by Gasteiger charge is 2.29. The van der Waals surface area contributed by atoms with Gasteiger partial charge in [0.25, 0.3) is 0 Å². The van der Waals surface area contributed by atoms with Crippen LogP contribution in [0.15, 0.2) is 0 Å². The predicted molar refractivity (Wildman–Crippen MR) is 80.6 cm³/mol. The van der Waals surface area contributed by atoms with Crippen LogP contribution in [0.3, 0.4) is 0 Å². The van der Waals surface area contributed by atoms with Gasteiger partial charge in [0.15, 0.2) is 0 Å². The van der Waals surface area contributed by atoms with Crippen LogP contribution in [0.5, 0.6) is 0 Å². The van der Waals surface area contributed by atoms with Gasteiger partial charge in [-0.3, -0.25) is 12.5 Å². The summed E-state index contributed by atoms with van der Waals surface area (Å²) >= 11 is 0. The molecule has 4 heteroatoms. The van der Waals surface area contributed by atoms with E-state index in [0.29, 0.717) is 25.7 Å². The molecule has 0 aliphatic rings. The van der Waals surface area contributed by atoms with Crippen LogP contribution >= 0.6 is 10.9 Å². The van der Waals surface area contributed by atoms with Crippen LogP contribution in [0.2, 0.25) is 0 Å². The number of hydrogen-bond acceptors (Lipinski definition) is 3. The van der Waals surface area contributed by atoms with E-state index in [2.05, 4.69) is 13.8 Å². The van der Waals surface area contributed by atoms with Crippen molar-refractivity contribution in [3.63, 3.8) is 0 Å². The monoisotopic (exact) mass is 280 g/mol. The largest absolute Gasteiger partial charge is 0.293 e. The Kier molecular flexibility index (Phi) is 11.2. The van der Waals surface area contributed by atoms with E-state index in [9.17, 15) is 0 Å². The molecule has 0 fully saturated rings. The smallest absolute Gasteiger partial charge is 0.0890 e. The van der Waals surface area contributed by atoms with Crippen molar-refractivity contribution in [2.75, 3.05) is 25.6 Å². The lowest BCUT2D eigenvalue weighted by Crippen LogP contribution is -2.21. The van der Waals surface area contributed by atoms with Crippen LogP contribution < -0.4 is 0 Å². The van der Waals surface area contributed by atoms with Crippen LogP contribution in [-0.4, -0.2) is 25.6 Å². The average Bonchev–Trinajstić information content (AvgIpc) is 2.30. The van der Waals surface area contributed by atoms with Gasteiger partial charge in [-0.25, -0.2) is 0 Å². The Hall–Kier alpha value is 0.230. The minimum Gasteiger partial charge on any atom is -0.293 e. The maximum absolute atomic E-state index is 5.87. The Morgan fingerprint density at radius 1 is 0.722 bits per heavy atom. The lowest BCUT2D eigenvalue weighted by atomic mass is 10.0. The average molecular weight is 280 g/mol. The van der Waals surface area contributed by atoms with Gasteiger partial charge < -0.3 is 0 Å². The van der Waals surface area contributed by atoms with Crippen LogP contribution in [-0.2, 0) is 12.5 Å². The summed E-state index contributed by atoms with van der Waals surface area (Å²) in [5, 5.41) is 0. The quantitative estimate of drug-likeness (QED) is 0.511. The minimum absolute atomic E-state index is 0.652. The minimum atomic E-state index is -1.79. The molecule has 0 N–H and O–H groups in total. The second-order valence-corrected chi connectivity index (χ2v) is 6.54.